The fourth-order valence-corrected chi connectivity index (χ4v) is 5.47. The van der Waals surface area contributed by atoms with Crippen molar-refractivity contribution in [1.82, 2.24) is 19.9 Å². The lowest BCUT2D eigenvalue weighted by Crippen LogP contribution is -2.32. The molecular formula is C29H35FN6. The molecular weight excluding hydrogens is 451 g/mol. The molecule has 1 atom stereocenters. The zero-order valence-electron chi connectivity index (χ0n) is 21.9. The molecule has 1 saturated heterocycles. The Labute approximate surface area is 213 Å². The minimum atomic E-state index is -0.449. The molecule has 0 aliphatic carbocycles. The number of halogens is 1. The van der Waals surface area contributed by atoms with Gasteiger partial charge < -0.3 is 10.2 Å². The summed E-state index contributed by atoms with van der Waals surface area (Å²) in [6.07, 6.45) is 6.42. The van der Waals surface area contributed by atoms with E-state index in [0.717, 1.165) is 67.0 Å². The van der Waals surface area contributed by atoms with Crippen LogP contribution in [0.2, 0.25) is 0 Å². The van der Waals surface area contributed by atoms with E-state index < -0.39 is 5.82 Å². The van der Waals surface area contributed by atoms with Crippen LogP contribution in [0.15, 0.2) is 41.7 Å². The van der Waals surface area contributed by atoms with Gasteiger partial charge in [-0.05, 0) is 93.6 Å². The van der Waals surface area contributed by atoms with Crippen LogP contribution < -0.4 is 5.32 Å². The van der Waals surface area contributed by atoms with Crippen molar-refractivity contribution >= 4 is 23.2 Å². The van der Waals surface area contributed by atoms with Crippen LogP contribution in [-0.2, 0) is 5.41 Å². The van der Waals surface area contributed by atoms with Gasteiger partial charge in [-0.3, -0.25) is 4.99 Å². The number of benzene rings is 1. The van der Waals surface area contributed by atoms with E-state index in [-0.39, 0.29) is 11.1 Å². The summed E-state index contributed by atoms with van der Waals surface area (Å²) in [7, 11) is 0. The van der Waals surface area contributed by atoms with Crippen LogP contribution in [-0.4, -0.2) is 45.2 Å². The lowest BCUT2D eigenvalue weighted by atomic mass is 9.76. The molecule has 1 N–H and O–H groups in total. The summed E-state index contributed by atoms with van der Waals surface area (Å²) in [6, 6.07) is 8.09. The number of hydrogen-bond acceptors (Lipinski definition) is 6. The summed E-state index contributed by atoms with van der Waals surface area (Å²) in [5.41, 5.74) is 6.37. The lowest BCUT2D eigenvalue weighted by Gasteiger charge is -2.31. The van der Waals surface area contributed by atoms with Crippen molar-refractivity contribution < 1.29 is 4.39 Å². The predicted octanol–water partition coefficient (Wildman–Crippen LogP) is 6.70. The van der Waals surface area contributed by atoms with Gasteiger partial charge >= 0.3 is 0 Å². The quantitative estimate of drug-likeness (QED) is 0.420. The van der Waals surface area contributed by atoms with Crippen molar-refractivity contribution in [2.24, 2.45) is 4.99 Å². The van der Waals surface area contributed by atoms with Crippen molar-refractivity contribution in [2.45, 2.75) is 65.2 Å². The van der Waals surface area contributed by atoms with Gasteiger partial charge in [0, 0.05) is 22.9 Å². The van der Waals surface area contributed by atoms with Crippen molar-refractivity contribution in [3.63, 3.8) is 0 Å². The second-order valence-corrected chi connectivity index (χ2v) is 10.3. The topological polar surface area (TPSA) is 66.3 Å². The van der Waals surface area contributed by atoms with Crippen molar-refractivity contribution in [2.75, 3.05) is 25.0 Å². The highest BCUT2D eigenvalue weighted by Gasteiger charge is 2.36. The molecule has 2 aliphatic rings. The van der Waals surface area contributed by atoms with Gasteiger partial charge in [0.05, 0.1) is 11.9 Å². The largest absolute Gasteiger partial charge is 0.309 e. The highest BCUT2D eigenvalue weighted by molar-refractivity contribution is 6.01. The number of anilines is 2. The maximum absolute atomic E-state index is 14.9. The number of nitrogens with zero attached hydrogens (tertiary/aromatic N) is 5. The first-order chi connectivity index (χ1) is 17.3. The number of fused-ring (bicyclic) bond motifs is 1. The molecule has 4 heterocycles. The van der Waals surface area contributed by atoms with Crippen LogP contribution in [0.25, 0.3) is 11.3 Å². The summed E-state index contributed by atoms with van der Waals surface area (Å²) in [5, 5.41) is 3.16. The second kappa shape index (κ2) is 9.69. The Morgan fingerprint density at radius 3 is 2.53 bits per heavy atom. The van der Waals surface area contributed by atoms with Crippen LogP contribution in [0.3, 0.4) is 0 Å². The number of nitrogens with one attached hydrogen (secondary N) is 1. The Morgan fingerprint density at radius 2 is 1.86 bits per heavy atom. The van der Waals surface area contributed by atoms with Crippen LogP contribution >= 0.6 is 0 Å². The van der Waals surface area contributed by atoms with E-state index in [1.54, 1.807) is 0 Å². The van der Waals surface area contributed by atoms with E-state index in [2.05, 4.69) is 58.9 Å². The first-order valence-corrected chi connectivity index (χ1v) is 13.0. The van der Waals surface area contributed by atoms with Gasteiger partial charge in [0.2, 0.25) is 5.95 Å². The number of piperidine rings is 1. The van der Waals surface area contributed by atoms with Gasteiger partial charge in [-0.1, -0.05) is 26.8 Å². The van der Waals surface area contributed by atoms with E-state index in [9.17, 15) is 4.39 Å². The van der Waals surface area contributed by atoms with Crippen molar-refractivity contribution in [1.29, 1.82) is 0 Å². The molecule has 36 heavy (non-hydrogen) atoms. The van der Waals surface area contributed by atoms with Gasteiger partial charge in [-0.2, -0.15) is 0 Å². The van der Waals surface area contributed by atoms with E-state index in [0.29, 0.717) is 17.7 Å². The minimum Gasteiger partial charge on any atom is -0.309 e. The second-order valence-electron chi connectivity index (χ2n) is 10.3. The molecule has 2 aromatic heterocycles. The Hall–Kier alpha value is -3.19. The van der Waals surface area contributed by atoms with Crippen molar-refractivity contribution in [3.05, 3.63) is 59.2 Å². The average Bonchev–Trinajstić information content (AvgIpc) is 3.16. The molecule has 1 unspecified atom stereocenters. The number of pyridine rings is 1. The van der Waals surface area contributed by atoms with E-state index in [4.69, 9.17) is 4.99 Å². The van der Waals surface area contributed by atoms with E-state index in [1.165, 1.54) is 11.8 Å². The normalized spacial score (nSPS) is 20.3. The monoisotopic (exact) mass is 486 g/mol. The van der Waals surface area contributed by atoms with Crippen LogP contribution in [0.4, 0.5) is 21.8 Å². The molecule has 0 amide bonds. The molecule has 5 rings (SSSR count). The molecule has 7 heteroatoms. The average molecular weight is 487 g/mol. The fourth-order valence-electron chi connectivity index (χ4n) is 5.47. The molecule has 1 aromatic carbocycles. The van der Waals surface area contributed by atoms with Crippen LogP contribution in [0, 0.1) is 12.7 Å². The molecule has 1 fully saturated rings. The van der Waals surface area contributed by atoms with Gasteiger partial charge in [0.25, 0.3) is 0 Å². The first-order valence-electron chi connectivity index (χ1n) is 13.0. The maximum Gasteiger partial charge on any atom is 0.229 e. The number of hydrogen-bond donors (Lipinski definition) is 1. The Bertz CT molecular complexity index is 1290. The van der Waals surface area contributed by atoms with Gasteiger partial charge in [-0.15, -0.1) is 0 Å². The Balaban J connectivity index is 1.38. The maximum atomic E-state index is 14.9. The van der Waals surface area contributed by atoms with Crippen molar-refractivity contribution in [3.8, 4) is 11.3 Å². The third-order valence-corrected chi connectivity index (χ3v) is 8.23. The summed E-state index contributed by atoms with van der Waals surface area (Å²) >= 11 is 0. The molecule has 0 saturated carbocycles. The predicted molar refractivity (Wildman–Crippen MR) is 144 cm³/mol. The SMILES string of the molecule is CCN1CCC(c2ccc(Nc3ncc(F)c(-c4cc(C)c5c(c4)C(C)(CC)C(C)=N5)n3)nc2)CC1. The zero-order valence-corrected chi connectivity index (χ0v) is 21.9. The number of aromatic nitrogens is 3. The molecule has 0 radical (unpaired) electrons. The van der Waals surface area contributed by atoms with Gasteiger partial charge in [0.1, 0.15) is 11.5 Å². The highest BCUT2D eigenvalue weighted by Crippen LogP contribution is 2.46. The summed E-state index contributed by atoms with van der Waals surface area (Å²) in [6.45, 7) is 14.1. The lowest BCUT2D eigenvalue weighted by molar-refractivity contribution is 0.222. The third kappa shape index (κ3) is 4.41. The fraction of sp³-hybridized carbons (Fsp3) is 0.448. The molecule has 0 bridgehead atoms. The number of likely N-dealkylation sites (tertiary alicyclic amines) is 1. The van der Waals surface area contributed by atoms with Crippen LogP contribution in [0.5, 0.6) is 0 Å². The standard InChI is InChI=1S/C29H35FN6/c1-6-29(5)19(4)33-26-18(3)14-22(15-23(26)29)27-24(30)17-32-28(35-27)34-25-9-8-21(16-31-25)20-10-12-36(7-2)13-11-20/h8-9,14-17,20H,6-7,10-13H2,1-5H3,(H,31,32,34,35). The number of aryl methyl sites for hydroxylation is 1. The van der Waals surface area contributed by atoms with E-state index >= 15 is 0 Å². The smallest absolute Gasteiger partial charge is 0.229 e. The molecule has 188 valence electrons. The van der Waals surface area contributed by atoms with Gasteiger partial charge in [-0.25, -0.2) is 19.3 Å². The summed E-state index contributed by atoms with van der Waals surface area (Å²) in [5.74, 6) is 1.07. The number of aliphatic imine (C=N–C) groups is 1. The van der Waals surface area contributed by atoms with E-state index in [1.807, 2.05) is 31.3 Å². The molecule has 6 nitrogen and oxygen atoms in total. The number of rotatable bonds is 6. The minimum absolute atomic E-state index is 0.153. The zero-order chi connectivity index (χ0) is 25.4. The summed E-state index contributed by atoms with van der Waals surface area (Å²) < 4.78 is 14.9. The Kier molecular flexibility index (Phi) is 6.60. The Morgan fingerprint density at radius 1 is 1.08 bits per heavy atom. The van der Waals surface area contributed by atoms with Crippen LogP contribution in [0.1, 0.15) is 69.6 Å². The van der Waals surface area contributed by atoms with Gasteiger partial charge in [0.15, 0.2) is 5.82 Å². The molecule has 3 aromatic rings. The molecule has 2 aliphatic heterocycles. The molecule has 0 spiro atoms. The summed E-state index contributed by atoms with van der Waals surface area (Å²) in [4.78, 5) is 20.6. The first kappa shape index (κ1) is 24.5. The highest BCUT2D eigenvalue weighted by atomic mass is 19.1. The third-order valence-electron chi connectivity index (χ3n) is 8.23.